The second-order valence-corrected chi connectivity index (χ2v) is 11.2. The van der Waals surface area contributed by atoms with E-state index in [2.05, 4.69) is 10.6 Å². The summed E-state index contributed by atoms with van der Waals surface area (Å²) in [5.41, 5.74) is 3.27. The number of hydrogen-bond donors (Lipinski definition) is 2. The molecule has 0 unspecified atom stereocenters. The molecule has 5 aromatic rings. The number of methoxy groups -OCH3 is 1. The SMILES string of the molecule is COc1ccccc1C(=O)CSc1cccc(NC(=O)/C(=C/c2ccc(OCc3ccccc3)cc2)NC(=O)c2ccccc2)c1. The summed E-state index contributed by atoms with van der Waals surface area (Å²) in [6, 6.07) is 40.1. The summed E-state index contributed by atoms with van der Waals surface area (Å²) in [7, 11) is 1.53. The number of nitrogens with one attached hydrogen (secondary N) is 2. The third kappa shape index (κ3) is 8.97. The van der Waals surface area contributed by atoms with Gasteiger partial charge in [0, 0.05) is 16.1 Å². The molecule has 0 bridgehead atoms. The molecule has 0 aliphatic carbocycles. The molecule has 0 fully saturated rings. The van der Waals surface area contributed by atoms with Crippen molar-refractivity contribution in [2.24, 2.45) is 0 Å². The Labute approximate surface area is 272 Å². The van der Waals surface area contributed by atoms with Crippen LogP contribution >= 0.6 is 11.8 Å². The van der Waals surface area contributed by atoms with Crippen LogP contribution in [0.5, 0.6) is 11.5 Å². The van der Waals surface area contributed by atoms with Crippen LogP contribution in [0, 0.1) is 0 Å². The molecule has 230 valence electrons. The van der Waals surface area contributed by atoms with E-state index in [1.54, 1.807) is 66.7 Å². The van der Waals surface area contributed by atoms with Gasteiger partial charge in [-0.1, -0.05) is 78.9 Å². The average Bonchev–Trinajstić information content (AvgIpc) is 3.11. The van der Waals surface area contributed by atoms with Crippen LogP contribution in [0.25, 0.3) is 6.08 Å². The number of hydrogen-bond acceptors (Lipinski definition) is 6. The standard InChI is InChI=1S/C38H32N2O5S/c1-44-36-18-9-8-17-33(36)35(41)26-46-32-16-10-15-30(24-32)39-38(43)34(40-37(42)29-13-6-3-7-14-29)23-27-19-21-31(22-20-27)45-25-28-11-4-2-5-12-28/h2-24H,25-26H2,1H3,(H,39,43)(H,40,42)/b34-23-. The van der Waals surface area contributed by atoms with Gasteiger partial charge in [0.25, 0.3) is 11.8 Å². The fourth-order valence-corrected chi connectivity index (χ4v) is 5.31. The molecule has 7 nitrogen and oxygen atoms in total. The number of rotatable bonds is 13. The van der Waals surface area contributed by atoms with Gasteiger partial charge in [-0.25, -0.2) is 0 Å². The lowest BCUT2D eigenvalue weighted by atomic mass is 10.1. The summed E-state index contributed by atoms with van der Waals surface area (Å²) in [6.45, 7) is 0.433. The first kappa shape index (κ1) is 31.8. The van der Waals surface area contributed by atoms with E-state index in [9.17, 15) is 14.4 Å². The maximum atomic E-state index is 13.5. The Morgan fingerprint density at radius 1 is 0.761 bits per heavy atom. The lowest BCUT2D eigenvalue weighted by Crippen LogP contribution is -2.30. The lowest BCUT2D eigenvalue weighted by molar-refractivity contribution is -0.113. The van der Waals surface area contributed by atoms with E-state index in [4.69, 9.17) is 9.47 Å². The summed E-state index contributed by atoms with van der Waals surface area (Å²) in [5, 5.41) is 5.65. The average molecular weight is 629 g/mol. The van der Waals surface area contributed by atoms with Crippen LogP contribution < -0.4 is 20.1 Å². The number of carbonyl (C=O) groups excluding carboxylic acids is 3. The van der Waals surface area contributed by atoms with Gasteiger partial charge in [0.05, 0.1) is 18.4 Å². The fraction of sp³-hybridized carbons (Fsp3) is 0.0789. The predicted molar refractivity (Wildman–Crippen MR) is 182 cm³/mol. The third-order valence-electron chi connectivity index (χ3n) is 6.84. The Balaban J connectivity index is 1.29. The zero-order chi connectivity index (χ0) is 32.1. The monoisotopic (exact) mass is 628 g/mol. The summed E-state index contributed by atoms with van der Waals surface area (Å²) in [4.78, 5) is 40.2. The molecular formula is C38H32N2O5S. The maximum Gasteiger partial charge on any atom is 0.272 e. The van der Waals surface area contributed by atoms with E-state index >= 15 is 0 Å². The quantitative estimate of drug-likeness (QED) is 0.0790. The first-order valence-corrected chi connectivity index (χ1v) is 15.5. The van der Waals surface area contributed by atoms with E-state index in [0.717, 1.165) is 10.5 Å². The minimum atomic E-state index is -0.499. The molecule has 0 saturated carbocycles. The van der Waals surface area contributed by atoms with E-state index < -0.39 is 11.8 Å². The Morgan fingerprint density at radius 3 is 2.20 bits per heavy atom. The summed E-state index contributed by atoms with van der Waals surface area (Å²) in [6.07, 6.45) is 1.61. The van der Waals surface area contributed by atoms with Gasteiger partial charge in [-0.3, -0.25) is 14.4 Å². The molecule has 5 aromatic carbocycles. The van der Waals surface area contributed by atoms with Crippen LogP contribution in [-0.2, 0) is 11.4 Å². The van der Waals surface area contributed by atoms with Crippen molar-refractivity contribution in [3.05, 3.63) is 161 Å². The number of benzene rings is 5. The van der Waals surface area contributed by atoms with E-state index in [1.165, 1.54) is 18.9 Å². The van der Waals surface area contributed by atoms with Crippen molar-refractivity contribution in [3.63, 3.8) is 0 Å². The minimum Gasteiger partial charge on any atom is -0.496 e. The molecule has 0 aliphatic heterocycles. The first-order chi connectivity index (χ1) is 22.5. The lowest BCUT2D eigenvalue weighted by Gasteiger charge is -2.13. The molecule has 0 saturated heterocycles. The van der Waals surface area contributed by atoms with Crippen molar-refractivity contribution in [2.45, 2.75) is 11.5 Å². The van der Waals surface area contributed by atoms with E-state index in [0.29, 0.717) is 40.5 Å². The van der Waals surface area contributed by atoms with Crippen LogP contribution in [0.2, 0.25) is 0 Å². The molecule has 0 aliphatic rings. The van der Waals surface area contributed by atoms with Crippen LogP contribution in [0.1, 0.15) is 31.8 Å². The number of ketones is 1. The third-order valence-corrected chi connectivity index (χ3v) is 7.83. The van der Waals surface area contributed by atoms with Gasteiger partial charge < -0.3 is 20.1 Å². The topological polar surface area (TPSA) is 93.7 Å². The second kappa shape index (κ2) is 15.9. The highest BCUT2D eigenvalue weighted by Crippen LogP contribution is 2.26. The molecule has 5 rings (SSSR count). The predicted octanol–water partition coefficient (Wildman–Crippen LogP) is 7.66. The van der Waals surface area contributed by atoms with Crippen molar-refractivity contribution in [2.75, 3.05) is 18.2 Å². The van der Waals surface area contributed by atoms with Crippen molar-refractivity contribution in [1.29, 1.82) is 0 Å². The Hall–Kier alpha value is -5.60. The summed E-state index contributed by atoms with van der Waals surface area (Å²) >= 11 is 1.35. The number of Topliss-reactive ketones (excluding diaryl/α,β-unsaturated/α-hetero) is 1. The number of amides is 2. The molecule has 8 heteroatoms. The Kier molecular flexibility index (Phi) is 11.0. The number of ether oxygens (including phenoxy) is 2. The zero-order valence-electron chi connectivity index (χ0n) is 25.1. The normalized spacial score (nSPS) is 10.9. The molecule has 0 radical (unpaired) electrons. The molecule has 2 N–H and O–H groups in total. The summed E-state index contributed by atoms with van der Waals surface area (Å²) in [5.74, 6) is 0.424. The van der Waals surface area contributed by atoms with Crippen molar-refractivity contribution >= 4 is 41.1 Å². The number of para-hydroxylation sites is 1. The fourth-order valence-electron chi connectivity index (χ4n) is 4.47. The van der Waals surface area contributed by atoms with Gasteiger partial charge in [0.15, 0.2) is 5.78 Å². The number of thioether (sulfide) groups is 1. The van der Waals surface area contributed by atoms with Gasteiger partial charge in [0.2, 0.25) is 0 Å². The molecule has 0 spiro atoms. The van der Waals surface area contributed by atoms with E-state index in [1.807, 2.05) is 72.8 Å². The molecule has 0 atom stereocenters. The highest BCUT2D eigenvalue weighted by molar-refractivity contribution is 8.00. The van der Waals surface area contributed by atoms with Crippen LogP contribution in [0.3, 0.4) is 0 Å². The molecular weight excluding hydrogens is 596 g/mol. The summed E-state index contributed by atoms with van der Waals surface area (Å²) < 4.78 is 11.2. The molecule has 46 heavy (non-hydrogen) atoms. The number of anilines is 1. The zero-order valence-corrected chi connectivity index (χ0v) is 26.0. The van der Waals surface area contributed by atoms with Gasteiger partial charge >= 0.3 is 0 Å². The smallest absolute Gasteiger partial charge is 0.272 e. The molecule has 0 heterocycles. The van der Waals surface area contributed by atoms with E-state index in [-0.39, 0.29) is 17.2 Å². The van der Waals surface area contributed by atoms with Crippen LogP contribution in [0.15, 0.2) is 144 Å². The number of carbonyl (C=O) groups is 3. The van der Waals surface area contributed by atoms with Crippen molar-refractivity contribution in [1.82, 2.24) is 5.32 Å². The Morgan fingerprint density at radius 2 is 1.46 bits per heavy atom. The highest BCUT2D eigenvalue weighted by Gasteiger charge is 2.16. The molecule has 2 amide bonds. The van der Waals surface area contributed by atoms with Crippen LogP contribution in [0.4, 0.5) is 5.69 Å². The first-order valence-electron chi connectivity index (χ1n) is 14.5. The largest absolute Gasteiger partial charge is 0.496 e. The van der Waals surface area contributed by atoms with Gasteiger partial charge in [-0.05, 0) is 71.8 Å². The van der Waals surface area contributed by atoms with Gasteiger partial charge in [0.1, 0.15) is 23.8 Å². The highest BCUT2D eigenvalue weighted by atomic mass is 32.2. The van der Waals surface area contributed by atoms with Crippen LogP contribution in [-0.4, -0.2) is 30.5 Å². The van der Waals surface area contributed by atoms with Crippen molar-refractivity contribution < 1.29 is 23.9 Å². The minimum absolute atomic E-state index is 0.0659. The molecule has 0 aromatic heterocycles. The van der Waals surface area contributed by atoms with Crippen molar-refractivity contribution in [3.8, 4) is 11.5 Å². The van der Waals surface area contributed by atoms with Gasteiger partial charge in [-0.15, -0.1) is 11.8 Å². The van der Waals surface area contributed by atoms with Gasteiger partial charge in [-0.2, -0.15) is 0 Å². The Bertz CT molecular complexity index is 1820. The second-order valence-electron chi connectivity index (χ2n) is 10.1. The maximum absolute atomic E-state index is 13.5.